The van der Waals surface area contributed by atoms with Gasteiger partial charge >= 0.3 is 0 Å². The Labute approximate surface area is 287 Å². The summed E-state index contributed by atoms with van der Waals surface area (Å²) in [5, 5.41) is 2.95. The molecular weight excluding hydrogens is 673 g/mol. The van der Waals surface area contributed by atoms with E-state index >= 15 is 0 Å². The standard InChI is InChI=1S/C35H31Cl2N5O5S/c1-22-18-24(41-14-16-47-17-15-41)12-13-28(22)38-32(35(44)39-29-19-27(37)31(20-26(29)36)48(2,45)46)33-40-34(43)25-10-6-7-11-30(25)42(33)21-23-8-4-3-5-9-23/h3-13,18-20H,14-17,21H2,1-2H3,(H,39,44)/b38-32-. The van der Waals surface area contributed by atoms with E-state index in [0.29, 0.717) is 29.8 Å². The largest absolute Gasteiger partial charge is 0.378 e. The number of aryl methyl sites for hydroxylation is 1. The lowest BCUT2D eigenvalue weighted by molar-refractivity contribution is -0.110. The van der Waals surface area contributed by atoms with Crippen LogP contribution in [-0.2, 0) is 25.9 Å². The zero-order valence-electron chi connectivity index (χ0n) is 26.1. The number of amides is 1. The molecule has 1 amide bonds. The first-order chi connectivity index (χ1) is 23.0. The van der Waals surface area contributed by atoms with Crippen molar-refractivity contribution in [2.24, 2.45) is 4.99 Å². The number of para-hydroxylation sites is 1. The fraction of sp³-hybridized carbons (Fsp3) is 0.200. The number of hydrogen-bond donors (Lipinski definition) is 1. The first-order valence-electron chi connectivity index (χ1n) is 15.1. The van der Waals surface area contributed by atoms with E-state index in [0.717, 1.165) is 36.2 Å². The summed E-state index contributed by atoms with van der Waals surface area (Å²) >= 11 is 12.8. The zero-order valence-corrected chi connectivity index (χ0v) is 28.4. The molecule has 0 saturated carbocycles. The van der Waals surface area contributed by atoms with Crippen LogP contribution in [0.2, 0.25) is 10.0 Å². The maximum absolute atomic E-state index is 14.3. The maximum Gasteiger partial charge on any atom is 0.281 e. The Bertz CT molecular complexity index is 2230. The normalized spacial score (nSPS) is 13.9. The second-order valence-corrected chi connectivity index (χ2v) is 14.1. The Morgan fingerprint density at radius 2 is 1.67 bits per heavy atom. The quantitative estimate of drug-likeness (QED) is 0.195. The highest BCUT2D eigenvalue weighted by atomic mass is 35.5. The van der Waals surface area contributed by atoms with Crippen molar-refractivity contribution >= 4 is 72.6 Å². The second kappa shape index (κ2) is 13.9. The molecule has 5 aromatic rings. The van der Waals surface area contributed by atoms with Gasteiger partial charge < -0.3 is 19.5 Å². The van der Waals surface area contributed by atoms with Gasteiger partial charge in [-0.2, -0.15) is 4.98 Å². The smallest absolute Gasteiger partial charge is 0.281 e. The number of nitrogens with zero attached hydrogens (tertiary/aromatic N) is 4. The molecule has 246 valence electrons. The van der Waals surface area contributed by atoms with Crippen LogP contribution in [0.5, 0.6) is 0 Å². The number of benzene rings is 4. The van der Waals surface area contributed by atoms with Crippen LogP contribution in [0.15, 0.2) is 99.6 Å². The summed E-state index contributed by atoms with van der Waals surface area (Å²) < 4.78 is 31.7. The predicted octanol–water partition coefficient (Wildman–Crippen LogP) is 6.06. The van der Waals surface area contributed by atoms with E-state index in [9.17, 15) is 18.0 Å². The Morgan fingerprint density at radius 3 is 2.38 bits per heavy atom. The van der Waals surface area contributed by atoms with Gasteiger partial charge in [0.15, 0.2) is 21.4 Å². The molecule has 0 atom stereocenters. The summed E-state index contributed by atoms with van der Waals surface area (Å²) in [4.78, 5) is 39.0. The summed E-state index contributed by atoms with van der Waals surface area (Å²) in [6, 6.07) is 24.8. The van der Waals surface area contributed by atoms with Crippen molar-refractivity contribution in [3.8, 4) is 0 Å². The number of aliphatic imine (C=N–C) groups is 1. The number of anilines is 2. The van der Waals surface area contributed by atoms with Crippen molar-refractivity contribution in [2.45, 2.75) is 18.4 Å². The average Bonchev–Trinajstić information content (AvgIpc) is 3.07. The lowest BCUT2D eigenvalue weighted by Crippen LogP contribution is -2.36. The molecular formula is C35H31Cl2N5O5S. The summed E-state index contributed by atoms with van der Waals surface area (Å²) in [7, 11) is -3.69. The molecule has 48 heavy (non-hydrogen) atoms. The van der Waals surface area contributed by atoms with E-state index in [-0.39, 0.29) is 38.7 Å². The van der Waals surface area contributed by atoms with Gasteiger partial charge in [-0.25, -0.2) is 13.4 Å². The highest BCUT2D eigenvalue weighted by molar-refractivity contribution is 7.90. The molecule has 6 rings (SSSR count). The van der Waals surface area contributed by atoms with Crippen molar-refractivity contribution < 1.29 is 17.9 Å². The van der Waals surface area contributed by atoms with Gasteiger partial charge in [0.25, 0.3) is 11.5 Å². The summed E-state index contributed by atoms with van der Waals surface area (Å²) in [6.07, 6.45) is 1.01. The van der Waals surface area contributed by atoms with Crippen LogP contribution in [0.1, 0.15) is 17.0 Å². The molecule has 4 aromatic carbocycles. The molecule has 13 heteroatoms. The van der Waals surface area contributed by atoms with Crippen LogP contribution < -0.4 is 15.8 Å². The van der Waals surface area contributed by atoms with Crippen molar-refractivity contribution in [1.29, 1.82) is 0 Å². The zero-order chi connectivity index (χ0) is 34.0. The number of carbonyl (C=O) groups is 1. The molecule has 0 radical (unpaired) electrons. The van der Waals surface area contributed by atoms with Gasteiger partial charge in [0.2, 0.25) is 0 Å². The number of ether oxygens (including phenoxy) is 1. The second-order valence-electron chi connectivity index (χ2n) is 11.3. The molecule has 0 bridgehead atoms. The molecule has 0 spiro atoms. The Balaban J connectivity index is 1.53. The number of aromatic nitrogens is 2. The molecule has 1 N–H and O–H groups in total. The molecule has 0 unspecified atom stereocenters. The highest BCUT2D eigenvalue weighted by Crippen LogP contribution is 2.33. The lowest BCUT2D eigenvalue weighted by Gasteiger charge is -2.29. The van der Waals surface area contributed by atoms with Crippen LogP contribution in [0.25, 0.3) is 10.9 Å². The minimum absolute atomic E-state index is 0.0340. The van der Waals surface area contributed by atoms with E-state index in [1.165, 1.54) is 12.1 Å². The number of hydrogen-bond acceptors (Lipinski definition) is 8. The summed E-state index contributed by atoms with van der Waals surface area (Å²) in [6.45, 7) is 4.94. The maximum atomic E-state index is 14.3. The number of carbonyl (C=O) groups excluding carboxylic acids is 1. The third-order valence-electron chi connectivity index (χ3n) is 7.96. The minimum atomic E-state index is -3.69. The SMILES string of the molecule is Cc1cc(N2CCOCC2)ccc1/N=C(\C(=O)Nc1cc(Cl)c(S(C)(=O)=O)cc1Cl)c1nc(=O)c2ccccc2n1Cc1ccccc1. The lowest BCUT2D eigenvalue weighted by atomic mass is 10.1. The van der Waals surface area contributed by atoms with Gasteiger partial charge in [-0.3, -0.25) is 9.59 Å². The summed E-state index contributed by atoms with van der Waals surface area (Å²) in [5.74, 6) is -0.701. The fourth-order valence-corrected chi connectivity index (χ4v) is 7.13. The monoisotopic (exact) mass is 703 g/mol. The van der Waals surface area contributed by atoms with Crippen LogP contribution >= 0.6 is 23.2 Å². The number of sulfone groups is 1. The first kappa shape index (κ1) is 33.4. The molecule has 1 fully saturated rings. The predicted molar refractivity (Wildman–Crippen MR) is 190 cm³/mol. The van der Waals surface area contributed by atoms with Crippen LogP contribution in [0.3, 0.4) is 0 Å². The van der Waals surface area contributed by atoms with Crippen molar-refractivity contribution in [3.63, 3.8) is 0 Å². The Hall–Kier alpha value is -4.55. The van der Waals surface area contributed by atoms with Gasteiger partial charge in [0.1, 0.15) is 0 Å². The van der Waals surface area contributed by atoms with Crippen molar-refractivity contribution in [3.05, 3.63) is 122 Å². The number of morpholine rings is 1. The third-order valence-corrected chi connectivity index (χ3v) is 9.83. The van der Waals surface area contributed by atoms with Crippen LogP contribution in [-0.4, -0.2) is 62.1 Å². The molecule has 0 aliphatic carbocycles. The van der Waals surface area contributed by atoms with Gasteiger partial charge in [0.05, 0.1) is 50.4 Å². The Kier molecular flexibility index (Phi) is 9.66. The van der Waals surface area contributed by atoms with Gasteiger partial charge in [-0.05, 0) is 60.5 Å². The number of nitrogens with one attached hydrogen (secondary N) is 1. The van der Waals surface area contributed by atoms with E-state index < -0.39 is 21.3 Å². The highest BCUT2D eigenvalue weighted by Gasteiger charge is 2.25. The molecule has 10 nitrogen and oxygen atoms in total. The molecule has 1 aliphatic rings. The van der Waals surface area contributed by atoms with Gasteiger partial charge in [0, 0.05) is 31.6 Å². The topological polar surface area (TPSA) is 123 Å². The third kappa shape index (κ3) is 7.14. The van der Waals surface area contributed by atoms with Crippen LogP contribution in [0.4, 0.5) is 17.1 Å². The number of rotatable bonds is 8. The van der Waals surface area contributed by atoms with E-state index in [2.05, 4.69) is 15.2 Å². The summed E-state index contributed by atoms with van der Waals surface area (Å²) in [5.41, 5.74) is 3.13. The molecule has 1 aromatic heterocycles. The molecule has 1 saturated heterocycles. The first-order valence-corrected chi connectivity index (χ1v) is 17.7. The van der Waals surface area contributed by atoms with E-state index in [4.69, 9.17) is 32.9 Å². The van der Waals surface area contributed by atoms with Crippen molar-refractivity contribution in [2.75, 3.05) is 42.8 Å². The number of fused-ring (bicyclic) bond motifs is 1. The fourth-order valence-electron chi connectivity index (χ4n) is 5.52. The molecule has 1 aliphatic heterocycles. The van der Waals surface area contributed by atoms with Crippen molar-refractivity contribution in [1.82, 2.24) is 9.55 Å². The van der Waals surface area contributed by atoms with E-state index in [1.807, 2.05) is 61.5 Å². The number of halogens is 2. The van der Waals surface area contributed by atoms with Gasteiger partial charge in [-0.1, -0.05) is 65.7 Å². The Morgan fingerprint density at radius 1 is 0.958 bits per heavy atom. The average molecular weight is 705 g/mol. The molecule has 2 heterocycles. The van der Waals surface area contributed by atoms with Crippen LogP contribution in [0, 0.1) is 6.92 Å². The van der Waals surface area contributed by atoms with Gasteiger partial charge in [-0.15, -0.1) is 0 Å². The minimum Gasteiger partial charge on any atom is -0.378 e. The van der Waals surface area contributed by atoms with E-state index in [1.54, 1.807) is 22.8 Å².